The Hall–Kier alpha value is -0.620. The van der Waals surface area contributed by atoms with E-state index in [1.807, 2.05) is 0 Å². The summed E-state index contributed by atoms with van der Waals surface area (Å²) in [5, 5.41) is 12.5. The summed E-state index contributed by atoms with van der Waals surface area (Å²) in [4.78, 5) is 4.77. The number of hydrogen-bond acceptors (Lipinski definition) is 4. The maximum atomic E-state index is 9.03. The molecule has 0 unspecified atom stereocenters. The summed E-state index contributed by atoms with van der Waals surface area (Å²) >= 11 is 3.59. The highest BCUT2D eigenvalue weighted by atomic mass is 79.9. The fourth-order valence-electron chi connectivity index (χ4n) is 2.65. The third kappa shape index (κ3) is 4.95. The summed E-state index contributed by atoms with van der Waals surface area (Å²) in [5.74, 6) is 0. The predicted molar refractivity (Wildman–Crippen MR) is 91.9 cm³/mol. The molecule has 0 aromatic heterocycles. The Labute approximate surface area is 136 Å². The molecule has 2 rings (SSSR count). The van der Waals surface area contributed by atoms with Gasteiger partial charge >= 0.3 is 0 Å². The average Bonchev–Trinajstić information content (AvgIpc) is 2.47. The molecule has 0 radical (unpaired) electrons. The van der Waals surface area contributed by atoms with E-state index >= 15 is 0 Å². The van der Waals surface area contributed by atoms with E-state index in [4.69, 9.17) is 5.11 Å². The van der Waals surface area contributed by atoms with Crippen LogP contribution in [0.15, 0.2) is 22.7 Å². The number of aliphatic hydroxyl groups is 1. The second-order valence-electron chi connectivity index (χ2n) is 5.86. The fraction of sp³-hybridized carbons (Fsp3) is 0.625. The number of hydrogen-bond donors (Lipinski definition) is 2. The van der Waals surface area contributed by atoms with Crippen LogP contribution in [0.3, 0.4) is 0 Å². The Morgan fingerprint density at radius 1 is 1.24 bits per heavy atom. The highest BCUT2D eigenvalue weighted by Crippen LogP contribution is 2.26. The van der Waals surface area contributed by atoms with E-state index in [0.29, 0.717) is 6.04 Å². The van der Waals surface area contributed by atoms with Crippen LogP contribution in [0.1, 0.15) is 19.4 Å². The molecule has 0 atom stereocenters. The molecule has 1 saturated heterocycles. The van der Waals surface area contributed by atoms with Crippen molar-refractivity contribution in [3.63, 3.8) is 0 Å². The van der Waals surface area contributed by atoms with Crippen LogP contribution in [0.2, 0.25) is 0 Å². The van der Waals surface area contributed by atoms with Crippen LogP contribution in [0.4, 0.5) is 5.69 Å². The number of anilines is 1. The molecule has 1 aliphatic heterocycles. The number of nitrogens with zero attached hydrogens (tertiary/aromatic N) is 2. The first-order valence-electron chi connectivity index (χ1n) is 7.70. The summed E-state index contributed by atoms with van der Waals surface area (Å²) in [5.41, 5.74) is 2.67. The van der Waals surface area contributed by atoms with E-state index in [-0.39, 0.29) is 6.61 Å². The van der Waals surface area contributed by atoms with Crippen molar-refractivity contribution in [1.29, 1.82) is 0 Å². The zero-order chi connectivity index (χ0) is 15.2. The van der Waals surface area contributed by atoms with Crippen LogP contribution >= 0.6 is 15.9 Å². The molecule has 21 heavy (non-hydrogen) atoms. The van der Waals surface area contributed by atoms with Gasteiger partial charge in [-0.15, -0.1) is 0 Å². The van der Waals surface area contributed by atoms with E-state index in [2.05, 4.69) is 63.1 Å². The molecule has 0 spiro atoms. The van der Waals surface area contributed by atoms with Gasteiger partial charge in [0.2, 0.25) is 0 Å². The number of rotatable bonds is 6. The van der Waals surface area contributed by atoms with Crippen LogP contribution in [0, 0.1) is 0 Å². The Morgan fingerprint density at radius 2 is 1.95 bits per heavy atom. The molecule has 1 aromatic carbocycles. The number of β-amino-alcohol motifs (C(OH)–C–C–N with tert-alkyl or cyclic N) is 1. The van der Waals surface area contributed by atoms with Gasteiger partial charge in [-0.25, -0.2) is 0 Å². The monoisotopic (exact) mass is 355 g/mol. The summed E-state index contributed by atoms with van der Waals surface area (Å²) in [6.07, 6.45) is 0. The normalized spacial score (nSPS) is 16.7. The van der Waals surface area contributed by atoms with E-state index in [1.54, 1.807) is 0 Å². The molecule has 1 aromatic rings. The van der Waals surface area contributed by atoms with Gasteiger partial charge in [-0.3, -0.25) is 4.90 Å². The van der Waals surface area contributed by atoms with Gasteiger partial charge in [0.1, 0.15) is 0 Å². The molecule has 118 valence electrons. The molecule has 1 fully saturated rings. The van der Waals surface area contributed by atoms with Crippen LogP contribution in [0.25, 0.3) is 0 Å². The standard InChI is InChI=1S/C16H26BrN3O/c1-13(2)18-12-14-3-4-15(17)11-16(14)20-7-5-19(6-8-20)9-10-21/h3-4,11,13,18,21H,5-10,12H2,1-2H3. The Bertz CT molecular complexity index is 445. The molecule has 1 heterocycles. The molecule has 4 nitrogen and oxygen atoms in total. The van der Waals surface area contributed by atoms with Crippen molar-refractivity contribution in [2.24, 2.45) is 0 Å². The number of halogens is 1. The van der Waals surface area contributed by atoms with E-state index in [1.165, 1.54) is 11.3 Å². The van der Waals surface area contributed by atoms with E-state index in [0.717, 1.165) is 43.7 Å². The minimum atomic E-state index is 0.250. The van der Waals surface area contributed by atoms with Gasteiger partial charge in [0.25, 0.3) is 0 Å². The molecule has 5 heteroatoms. The maximum absolute atomic E-state index is 9.03. The molecule has 0 saturated carbocycles. The summed E-state index contributed by atoms with van der Waals surface area (Å²) in [7, 11) is 0. The van der Waals surface area contributed by atoms with Gasteiger partial charge in [-0.2, -0.15) is 0 Å². The first-order chi connectivity index (χ1) is 10.1. The van der Waals surface area contributed by atoms with Crippen LogP contribution in [-0.2, 0) is 6.54 Å². The highest BCUT2D eigenvalue weighted by molar-refractivity contribution is 9.10. The second kappa shape index (κ2) is 8.13. The highest BCUT2D eigenvalue weighted by Gasteiger charge is 2.19. The van der Waals surface area contributed by atoms with Crippen molar-refractivity contribution in [1.82, 2.24) is 10.2 Å². The fourth-order valence-corrected chi connectivity index (χ4v) is 3.00. The summed E-state index contributed by atoms with van der Waals surface area (Å²) < 4.78 is 1.13. The lowest BCUT2D eigenvalue weighted by Crippen LogP contribution is -2.47. The first kappa shape index (κ1) is 16.7. The van der Waals surface area contributed by atoms with Gasteiger partial charge in [0, 0.05) is 55.5 Å². The zero-order valence-electron chi connectivity index (χ0n) is 13.0. The third-order valence-electron chi connectivity index (χ3n) is 3.88. The molecular weight excluding hydrogens is 330 g/mol. The van der Waals surface area contributed by atoms with Crippen molar-refractivity contribution in [3.05, 3.63) is 28.2 Å². The topological polar surface area (TPSA) is 38.7 Å². The Balaban J connectivity index is 2.06. The van der Waals surface area contributed by atoms with Gasteiger partial charge in [-0.05, 0) is 17.7 Å². The molecule has 2 N–H and O–H groups in total. The summed E-state index contributed by atoms with van der Waals surface area (Å²) in [6.45, 7) is 10.4. The SMILES string of the molecule is CC(C)NCc1ccc(Br)cc1N1CCN(CCO)CC1. The smallest absolute Gasteiger partial charge is 0.0558 e. The maximum Gasteiger partial charge on any atom is 0.0558 e. The average molecular weight is 356 g/mol. The largest absolute Gasteiger partial charge is 0.395 e. The molecule has 0 aliphatic carbocycles. The van der Waals surface area contributed by atoms with Gasteiger partial charge < -0.3 is 15.3 Å². The number of piperazine rings is 1. The Morgan fingerprint density at radius 3 is 2.57 bits per heavy atom. The third-order valence-corrected chi connectivity index (χ3v) is 4.37. The minimum Gasteiger partial charge on any atom is -0.395 e. The molecular formula is C16H26BrN3O. The van der Waals surface area contributed by atoms with Crippen LogP contribution in [0.5, 0.6) is 0 Å². The van der Waals surface area contributed by atoms with Gasteiger partial charge in [0.15, 0.2) is 0 Å². The molecule has 1 aliphatic rings. The molecule has 0 bridgehead atoms. The van der Waals surface area contributed by atoms with Crippen molar-refractivity contribution in [2.75, 3.05) is 44.2 Å². The minimum absolute atomic E-state index is 0.250. The second-order valence-corrected chi connectivity index (χ2v) is 6.78. The van der Waals surface area contributed by atoms with Crippen LogP contribution in [-0.4, -0.2) is 55.4 Å². The zero-order valence-corrected chi connectivity index (χ0v) is 14.6. The summed E-state index contributed by atoms with van der Waals surface area (Å²) in [6, 6.07) is 7.03. The lowest BCUT2D eigenvalue weighted by atomic mass is 10.1. The molecule has 0 amide bonds. The lowest BCUT2D eigenvalue weighted by Gasteiger charge is -2.37. The predicted octanol–water partition coefficient (Wildman–Crippen LogP) is 2.06. The first-order valence-corrected chi connectivity index (χ1v) is 8.49. The van der Waals surface area contributed by atoms with E-state index < -0.39 is 0 Å². The van der Waals surface area contributed by atoms with Crippen molar-refractivity contribution >= 4 is 21.6 Å². The number of benzene rings is 1. The van der Waals surface area contributed by atoms with Crippen molar-refractivity contribution in [2.45, 2.75) is 26.4 Å². The van der Waals surface area contributed by atoms with E-state index in [9.17, 15) is 0 Å². The lowest BCUT2D eigenvalue weighted by molar-refractivity contribution is 0.188. The van der Waals surface area contributed by atoms with Gasteiger partial charge in [0.05, 0.1) is 6.61 Å². The van der Waals surface area contributed by atoms with Crippen molar-refractivity contribution in [3.8, 4) is 0 Å². The van der Waals surface area contributed by atoms with Gasteiger partial charge in [-0.1, -0.05) is 35.8 Å². The van der Waals surface area contributed by atoms with Crippen molar-refractivity contribution < 1.29 is 5.11 Å². The quantitative estimate of drug-likeness (QED) is 0.819. The van der Waals surface area contributed by atoms with Crippen LogP contribution < -0.4 is 10.2 Å². The number of nitrogens with one attached hydrogen (secondary N) is 1. The Kier molecular flexibility index (Phi) is 6.48. The number of aliphatic hydroxyl groups excluding tert-OH is 1.